The number of aromatic nitrogens is 3. The summed E-state index contributed by atoms with van der Waals surface area (Å²) >= 11 is 6.20. The molecule has 8 nitrogen and oxygen atoms in total. The van der Waals surface area contributed by atoms with Gasteiger partial charge in [-0.25, -0.2) is 4.98 Å². The highest BCUT2D eigenvalue weighted by atomic mass is 35.5. The molecule has 210 valence electrons. The molecule has 0 aliphatic carbocycles. The molecular weight excluding hydrogens is 562 g/mol. The molecular formula is C34H24ClN5O3. The lowest BCUT2D eigenvalue weighted by Gasteiger charge is -2.09. The first-order valence-corrected chi connectivity index (χ1v) is 14.0. The minimum Gasteiger partial charge on any atom is -0.453 e. The zero-order valence-corrected chi connectivity index (χ0v) is 23.7. The van der Waals surface area contributed by atoms with E-state index in [1.807, 2.05) is 72.2 Å². The van der Waals surface area contributed by atoms with Gasteiger partial charge in [0.05, 0.1) is 17.1 Å². The van der Waals surface area contributed by atoms with Crippen LogP contribution in [0.3, 0.4) is 0 Å². The standard InChI is InChI=1S/C34H24ClN5O3/c1-21-27(25-11-6-8-14-29(25)39(21)20-32(41)37-24-9-3-2-4-10-24)19-36-40-33(38-28-13-7-5-12-26(28)34(40)42)31-18-22-17-23(35)15-16-30(22)43-31/h2-19H,20H2,1H3,(H,37,41). The molecule has 0 spiro atoms. The van der Waals surface area contributed by atoms with E-state index >= 15 is 0 Å². The summed E-state index contributed by atoms with van der Waals surface area (Å²) in [7, 11) is 0. The van der Waals surface area contributed by atoms with Crippen LogP contribution in [0.5, 0.6) is 0 Å². The molecule has 0 radical (unpaired) electrons. The van der Waals surface area contributed by atoms with Crippen molar-refractivity contribution < 1.29 is 9.21 Å². The number of carbonyl (C=O) groups excluding carboxylic acids is 1. The zero-order chi connectivity index (χ0) is 29.5. The monoisotopic (exact) mass is 585 g/mol. The molecule has 1 N–H and O–H groups in total. The van der Waals surface area contributed by atoms with E-state index in [0.717, 1.165) is 33.2 Å². The third kappa shape index (κ3) is 4.87. The van der Waals surface area contributed by atoms with E-state index in [-0.39, 0.29) is 23.8 Å². The lowest BCUT2D eigenvalue weighted by molar-refractivity contribution is -0.116. The molecule has 0 bridgehead atoms. The Morgan fingerprint density at radius 1 is 0.953 bits per heavy atom. The highest BCUT2D eigenvalue weighted by molar-refractivity contribution is 6.31. The first-order valence-electron chi connectivity index (χ1n) is 13.6. The van der Waals surface area contributed by atoms with Gasteiger partial charge in [-0.2, -0.15) is 9.78 Å². The third-order valence-corrected chi connectivity index (χ3v) is 7.63. The van der Waals surface area contributed by atoms with Gasteiger partial charge in [-0.1, -0.05) is 60.1 Å². The Balaban J connectivity index is 1.34. The van der Waals surface area contributed by atoms with Gasteiger partial charge in [0.1, 0.15) is 12.1 Å². The molecule has 0 fully saturated rings. The van der Waals surface area contributed by atoms with Crippen molar-refractivity contribution in [3.8, 4) is 11.6 Å². The Labute approximate surface area is 250 Å². The summed E-state index contributed by atoms with van der Waals surface area (Å²) in [6.45, 7) is 2.04. The summed E-state index contributed by atoms with van der Waals surface area (Å²) in [5.41, 5.74) is 4.03. The van der Waals surface area contributed by atoms with Crippen LogP contribution in [-0.4, -0.2) is 26.3 Å². The molecule has 0 atom stereocenters. The van der Waals surface area contributed by atoms with Gasteiger partial charge < -0.3 is 14.3 Å². The molecule has 3 heterocycles. The summed E-state index contributed by atoms with van der Waals surface area (Å²) < 4.78 is 9.30. The molecule has 0 saturated heterocycles. The summed E-state index contributed by atoms with van der Waals surface area (Å²) in [5.74, 6) is 0.491. The number of rotatable bonds is 6. The average molecular weight is 586 g/mol. The second-order valence-electron chi connectivity index (χ2n) is 10.1. The number of para-hydroxylation sites is 3. The molecule has 9 heteroatoms. The van der Waals surface area contributed by atoms with E-state index in [2.05, 4.69) is 10.4 Å². The van der Waals surface area contributed by atoms with Gasteiger partial charge in [0.15, 0.2) is 5.76 Å². The number of amides is 1. The number of hydrogen-bond donors (Lipinski definition) is 1. The number of anilines is 1. The highest BCUT2D eigenvalue weighted by Gasteiger charge is 2.18. The number of halogens is 1. The van der Waals surface area contributed by atoms with Crippen molar-refractivity contribution in [3.63, 3.8) is 0 Å². The molecule has 0 aliphatic heterocycles. The third-order valence-electron chi connectivity index (χ3n) is 7.39. The summed E-state index contributed by atoms with van der Waals surface area (Å²) in [6.07, 6.45) is 1.64. The van der Waals surface area contributed by atoms with Crippen molar-refractivity contribution in [2.45, 2.75) is 13.5 Å². The van der Waals surface area contributed by atoms with Crippen LogP contribution >= 0.6 is 11.6 Å². The summed E-state index contributed by atoms with van der Waals surface area (Å²) in [4.78, 5) is 31.5. The number of benzene rings is 4. The second kappa shape index (κ2) is 10.7. The molecule has 7 rings (SSSR count). The molecule has 0 saturated carbocycles. The van der Waals surface area contributed by atoms with Crippen LogP contribution in [0.1, 0.15) is 11.3 Å². The average Bonchev–Trinajstić information content (AvgIpc) is 3.55. The Bertz CT molecular complexity index is 2260. The second-order valence-corrected chi connectivity index (χ2v) is 10.6. The van der Waals surface area contributed by atoms with Crippen LogP contribution in [0.2, 0.25) is 5.02 Å². The summed E-state index contributed by atoms with van der Waals surface area (Å²) in [5, 5.41) is 10.3. The van der Waals surface area contributed by atoms with Crippen LogP contribution in [0.15, 0.2) is 117 Å². The fourth-order valence-corrected chi connectivity index (χ4v) is 5.50. The Hall–Kier alpha value is -5.47. The SMILES string of the molecule is Cc1c(C=Nn2c(-c3cc4cc(Cl)ccc4o3)nc3ccccc3c2=O)c2ccccc2n1CC(=O)Nc1ccccc1. The van der Waals surface area contributed by atoms with Crippen LogP contribution in [0, 0.1) is 6.92 Å². The molecule has 0 unspecified atom stereocenters. The maximum Gasteiger partial charge on any atom is 0.282 e. The number of furan rings is 1. The van der Waals surface area contributed by atoms with Gasteiger partial charge >= 0.3 is 0 Å². The van der Waals surface area contributed by atoms with Crippen LogP contribution in [0.25, 0.3) is 44.4 Å². The van der Waals surface area contributed by atoms with Crippen molar-refractivity contribution >= 4 is 62.2 Å². The van der Waals surface area contributed by atoms with Gasteiger partial charge in [0.2, 0.25) is 11.7 Å². The van der Waals surface area contributed by atoms with Crippen molar-refractivity contribution in [2.75, 3.05) is 5.32 Å². The maximum atomic E-state index is 13.8. The zero-order valence-electron chi connectivity index (χ0n) is 23.0. The molecule has 0 aliphatic rings. The fourth-order valence-electron chi connectivity index (χ4n) is 5.32. The van der Waals surface area contributed by atoms with Crippen LogP contribution in [0.4, 0.5) is 5.69 Å². The van der Waals surface area contributed by atoms with Gasteiger partial charge in [0.25, 0.3) is 5.56 Å². The van der Waals surface area contributed by atoms with Crippen molar-refractivity contribution in [1.29, 1.82) is 0 Å². The number of fused-ring (bicyclic) bond motifs is 3. The number of nitrogens with one attached hydrogen (secondary N) is 1. The minimum atomic E-state index is -0.334. The quantitative estimate of drug-likeness (QED) is 0.208. The predicted molar refractivity (Wildman–Crippen MR) is 171 cm³/mol. The van der Waals surface area contributed by atoms with E-state index in [1.54, 1.807) is 48.7 Å². The lowest BCUT2D eigenvalue weighted by Crippen LogP contribution is -2.20. The predicted octanol–water partition coefficient (Wildman–Crippen LogP) is 7.25. The van der Waals surface area contributed by atoms with Gasteiger partial charge in [-0.05, 0) is 61.5 Å². The topological polar surface area (TPSA) is 94.4 Å². The Kier molecular flexibility index (Phi) is 6.60. The number of nitrogens with zero attached hydrogens (tertiary/aromatic N) is 4. The summed E-state index contributed by atoms with van der Waals surface area (Å²) in [6, 6.07) is 31.4. The van der Waals surface area contributed by atoms with Gasteiger partial charge in [-0.15, -0.1) is 0 Å². The smallest absolute Gasteiger partial charge is 0.282 e. The molecule has 3 aromatic heterocycles. The Morgan fingerprint density at radius 2 is 1.70 bits per heavy atom. The molecule has 1 amide bonds. The van der Waals surface area contributed by atoms with Crippen molar-refractivity contribution in [1.82, 2.24) is 14.2 Å². The Morgan fingerprint density at radius 3 is 2.53 bits per heavy atom. The minimum absolute atomic E-state index is 0.110. The largest absolute Gasteiger partial charge is 0.453 e. The van der Waals surface area contributed by atoms with Gasteiger partial charge in [-0.3, -0.25) is 9.59 Å². The first-order chi connectivity index (χ1) is 21.0. The number of carbonyl (C=O) groups is 1. The van der Waals surface area contributed by atoms with E-state index in [1.165, 1.54) is 4.68 Å². The maximum absolute atomic E-state index is 13.8. The molecule has 4 aromatic carbocycles. The van der Waals surface area contributed by atoms with E-state index < -0.39 is 0 Å². The number of hydrogen-bond acceptors (Lipinski definition) is 5. The van der Waals surface area contributed by atoms with E-state index in [9.17, 15) is 9.59 Å². The fraction of sp³-hybridized carbons (Fsp3) is 0.0588. The van der Waals surface area contributed by atoms with Gasteiger partial charge in [0, 0.05) is 38.3 Å². The van der Waals surface area contributed by atoms with E-state index in [0.29, 0.717) is 27.3 Å². The first kappa shape index (κ1) is 26.4. The van der Waals surface area contributed by atoms with Crippen LogP contribution < -0.4 is 10.9 Å². The normalized spacial score (nSPS) is 11.7. The highest BCUT2D eigenvalue weighted by Crippen LogP contribution is 2.30. The lowest BCUT2D eigenvalue weighted by atomic mass is 10.1. The van der Waals surface area contributed by atoms with Crippen LogP contribution in [-0.2, 0) is 11.3 Å². The van der Waals surface area contributed by atoms with E-state index in [4.69, 9.17) is 21.0 Å². The molecule has 43 heavy (non-hydrogen) atoms. The molecule has 7 aromatic rings. The van der Waals surface area contributed by atoms with Crippen molar-refractivity contribution in [3.05, 3.63) is 130 Å². The van der Waals surface area contributed by atoms with Crippen molar-refractivity contribution in [2.24, 2.45) is 5.10 Å².